The Kier molecular flexibility index (Phi) is 4.97. The normalized spacial score (nSPS) is 20.0. The van der Waals surface area contributed by atoms with Crippen LogP contribution < -0.4 is 4.74 Å². The maximum Gasteiger partial charge on any atom is 0.311 e. The number of benzene rings is 1. The fraction of sp³-hybridized carbons (Fsp3) is 0.368. The Morgan fingerprint density at radius 2 is 2.00 bits per heavy atom. The van der Waals surface area contributed by atoms with Gasteiger partial charge < -0.3 is 19.2 Å². The van der Waals surface area contributed by atoms with Crippen molar-refractivity contribution in [2.45, 2.75) is 26.4 Å². The molecule has 1 fully saturated rings. The fourth-order valence-corrected chi connectivity index (χ4v) is 3.00. The monoisotopic (exact) mass is 361 g/mol. The summed E-state index contributed by atoms with van der Waals surface area (Å²) in [6.45, 7) is 2.41. The Bertz CT molecular complexity index is 801. The van der Waals surface area contributed by atoms with Crippen LogP contribution in [0.15, 0.2) is 40.8 Å². The van der Waals surface area contributed by atoms with Gasteiger partial charge in [0.05, 0.1) is 5.41 Å². The van der Waals surface area contributed by atoms with Crippen LogP contribution in [-0.2, 0) is 11.4 Å². The molecule has 0 aliphatic carbocycles. The number of nitrogens with zero attached hydrogens (tertiary/aromatic N) is 1. The predicted molar refractivity (Wildman–Crippen MR) is 90.3 cm³/mol. The lowest BCUT2D eigenvalue weighted by molar-refractivity contribution is -0.150. The maximum absolute atomic E-state index is 12.9. The van der Waals surface area contributed by atoms with Crippen LogP contribution in [0.2, 0.25) is 0 Å². The van der Waals surface area contributed by atoms with E-state index in [1.807, 2.05) is 0 Å². The number of piperidine rings is 1. The highest BCUT2D eigenvalue weighted by atomic mass is 19.1. The fourth-order valence-electron chi connectivity index (χ4n) is 3.00. The van der Waals surface area contributed by atoms with E-state index < -0.39 is 11.4 Å². The molecule has 0 bridgehead atoms. The van der Waals surface area contributed by atoms with Crippen LogP contribution in [0.4, 0.5) is 4.39 Å². The van der Waals surface area contributed by atoms with Gasteiger partial charge in [0.25, 0.3) is 5.91 Å². The van der Waals surface area contributed by atoms with E-state index in [-0.39, 0.29) is 30.6 Å². The average molecular weight is 361 g/mol. The zero-order valence-corrected chi connectivity index (χ0v) is 14.4. The number of hydrogen-bond donors (Lipinski definition) is 1. The quantitative estimate of drug-likeness (QED) is 0.884. The molecule has 1 unspecified atom stereocenters. The summed E-state index contributed by atoms with van der Waals surface area (Å²) >= 11 is 0. The largest absolute Gasteiger partial charge is 0.486 e. The summed E-state index contributed by atoms with van der Waals surface area (Å²) in [6.07, 6.45) is 1.18. The lowest BCUT2D eigenvalue weighted by Crippen LogP contribution is -2.48. The van der Waals surface area contributed by atoms with E-state index in [2.05, 4.69) is 0 Å². The second-order valence-electron chi connectivity index (χ2n) is 6.70. The Morgan fingerprint density at radius 1 is 1.27 bits per heavy atom. The summed E-state index contributed by atoms with van der Waals surface area (Å²) in [5.74, 6) is -0.483. The van der Waals surface area contributed by atoms with Crippen molar-refractivity contribution < 1.29 is 28.2 Å². The topological polar surface area (TPSA) is 80.0 Å². The molecule has 0 saturated carbocycles. The van der Waals surface area contributed by atoms with Gasteiger partial charge in [-0.25, -0.2) is 4.39 Å². The molecule has 1 atom stereocenters. The van der Waals surface area contributed by atoms with Crippen LogP contribution >= 0.6 is 0 Å². The van der Waals surface area contributed by atoms with Crippen molar-refractivity contribution in [1.82, 2.24) is 4.90 Å². The number of halogens is 1. The number of amides is 1. The van der Waals surface area contributed by atoms with Crippen molar-refractivity contribution in [3.8, 4) is 5.75 Å². The minimum Gasteiger partial charge on any atom is -0.486 e. The van der Waals surface area contributed by atoms with Crippen molar-refractivity contribution in [3.05, 3.63) is 53.7 Å². The second kappa shape index (κ2) is 7.19. The molecule has 138 valence electrons. The summed E-state index contributed by atoms with van der Waals surface area (Å²) in [4.78, 5) is 25.5. The molecule has 1 N–H and O–H groups in total. The number of rotatable bonds is 5. The van der Waals surface area contributed by atoms with E-state index in [0.29, 0.717) is 30.9 Å². The van der Waals surface area contributed by atoms with Crippen LogP contribution in [-0.4, -0.2) is 35.0 Å². The summed E-state index contributed by atoms with van der Waals surface area (Å²) in [6, 6.07) is 8.79. The van der Waals surface area contributed by atoms with E-state index in [1.165, 1.54) is 29.2 Å². The van der Waals surface area contributed by atoms with E-state index >= 15 is 0 Å². The van der Waals surface area contributed by atoms with Crippen molar-refractivity contribution in [2.24, 2.45) is 5.41 Å². The molecule has 1 amide bonds. The van der Waals surface area contributed by atoms with Gasteiger partial charge in [-0.2, -0.15) is 0 Å². The molecule has 2 heterocycles. The highest BCUT2D eigenvalue weighted by Crippen LogP contribution is 2.30. The minimum atomic E-state index is -0.935. The van der Waals surface area contributed by atoms with Gasteiger partial charge in [0, 0.05) is 13.1 Å². The molecule has 1 aromatic heterocycles. The molecular weight excluding hydrogens is 341 g/mol. The minimum absolute atomic E-state index is 0.103. The van der Waals surface area contributed by atoms with Gasteiger partial charge in [-0.1, -0.05) is 0 Å². The number of ether oxygens (including phenoxy) is 1. The molecule has 1 aliphatic rings. The lowest BCUT2D eigenvalue weighted by Gasteiger charge is -2.37. The zero-order chi connectivity index (χ0) is 18.7. The van der Waals surface area contributed by atoms with Crippen molar-refractivity contribution in [2.75, 3.05) is 13.1 Å². The first-order chi connectivity index (χ1) is 12.4. The van der Waals surface area contributed by atoms with Gasteiger partial charge in [0.1, 0.15) is 23.9 Å². The molecule has 0 spiro atoms. The van der Waals surface area contributed by atoms with Crippen LogP contribution in [0.5, 0.6) is 5.75 Å². The van der Waals surface area contributed by atoms with Crippen LogP contribution in [0, 0.1) is 11.2 Å². The molecule has 1 aliphatic heterocycles. The van der Waals surface area contributed by atoms with Crippen LogP contribution in [0.25, 0.3) is 0 Å². The Labute approximate surface area is 150 Å². The third-order valence-corrected chi connectivity index (χ3v) is 4.57. The van der Waals surface area contributed by atoms with E-state index in [1.54, 1.807) is 19.1 Å². The van der Waals surface area contributed by atoms with Crippen molar-refractivity contribution >= 4 is 11.9 Å². The molecular formula is C19H20FNO5. The van der Waals surface area contributed by atoms with Gasteiger partial charge in [0.15, 0.2) is 5.76 Å². The molecule has 1 aromatic carbocycles. The van der Waals surface area contributed by atoms with E-state index in [0.717, 1.165) is 0 Å². The van der Waals surface area contributed by atoms with E-state index in [9.17, 15) is 19.1 Å². The van der Waals surface area contributed by atoms with Crippen molar-refractivity contribution in [1.29, 1.82) is 0 Å². The first kappa shape index (κ1) is 18.0. The lowest BCUT2D eigenvalue weighted by atomic mass is 9.82. The Hall–Kier alpha value is -2.83. The third kappa shape index (κ3) is 3.87. The molecule has 2 aromatic rings. The standard InChI is InChI=1S/C19H20FNO5/c1-19(18(23)24)9-2-10-21(12-19)17(22)16-8-7-15(26-16)11-25-14-5-3-13(20)4-6-14/h3-8H,2,9-12H2,1H3,(H,23,24). The molecule has 0 radical (unpaired) electrons. The first-order valence-corrected chi connectivity index (χ1v) is 8.37. The highest BCUT2D eigenvalue weighted by Gasteiger charge is 2.40. The van der Waals surface area contributed by atoms with Gasteiger partial charge in [0.2, 0.25) is 0 Å². The number of carbonyl (C=O) groups excluding carboxylic acids is 1. The first-order valence-electron chi connectivity index (χ1n) is 8.37. The van der Waals surface area contributed by atoms with Gasteiger partial charge in [-0.3, -0.25) is 9.59 Å². The summed E-state index contributed by atoms with van der Waals surface area (Å²) in [7, 11) is 0. The highest BCUT2D eigenvalue weighted by molar-refractivity contribution is 5.92. The summed E-state index contributed by atoms with van der Waals surface area (Å²) in [5.41, 5.74) is -0.935. The summed E-state index contributed by atoms with van der Waals surface area (Å²) in [5, 5.41) is 9.37. The maximum atomic E-state index is 12.9. The van der Waals surface area contributed by atoms with Crippen molar-refractivity contribution in [3.63, 3.8) is 0 Å². The number of carboxylic acids is 1. The van der Waals surface area contributed by atoms with E-state index in [4.69, 9.17) is 9.15 Å². The van der Waals surface area contributed by atoms with Gasteiger partial charge in [-0.15, -0.1) is 0 Å². The molecule has 3 rings (SSSR count). The number of furan rings is 1. The number of carboxylic acid groups (broad SMARTS) is 1. The predicted octanol–water partition coefficient (Wildman–Crippen LogP) is 3.32. The molecule has 1 saturated heterocycles. The number of likely N-dealkylation sites (tertiary alicyclic amines) is 1. The van der Waals surface area contributed by atoms with Crippen LogP contribution in [0.3, 0.4) is 0 Å². The SMILES string of the molecule is CC1(C(=O)O)CCCN(C(=O)c2ccc(COc3ccc(F)cc3)o2)C1. The molecule has 6 nitrogen and oxygen atoms in total. The number of hydrogen-bond acceptors (Lipinski definition) is 4. The van der Waals surface area contributed by atoms with Crippen LogP contribution in [0.1, 0.15) is 36.1 Å². The Morgan fingerprint density at radius 3 is 2.69 bits per heavy atom. The number of carbonyl (C=O) groups is 2. The zero-order valence-electron chi connectivity index (χ0n) is 14.4. The smallest absolute Gasteiger partial charge is 0.311 e. The van der Waals surface area contributed by atoms with Gasteiger partial charge >= 0.3 is 5.97 Å². The second-order valence-corrected chi connectivity index (χ2v) is 6.70. The average Bonchev–Trinajstić information content (AvgIpc) is 3.09. The third-order valence-electron chi connectivity index (χ3n) is 4.57. The van der Waals surface area contributed by atoms with Gasteiger partial charge in [-0.05, 0) is 56.2 Å². The molecule has 7 heteroatoms. The Balaban J connectivity index is 1.62. The number of aliphatic carboxylic acids is 1. The molecule has 26 heavy (non-hydrogen) atoms. The summed E-state index contributed by atoms with van der Waals surface area (Å²) < 4.78 is 23.9.